The molecule has 0 aromatic heterocycles. The Hall–Kier alpha value is -1.66. The molecule has 0 radical (unpaired) electrons. The molecule has 112 valence electrons. The number of aliphatic hydroxyl groups excluding tert-OH is 2. The van der Waals surface area contributed by atoms with Gasteiger partial charge < -0.3 is 20.4 Å². The minimum absolute atomic E-state index is 0.127. The Labute approximate surface area is 113 Å². The number of aliphatic carboxylic acids is 2. The Kier molecular flexibility index (Phi) is 15.2. The van der Waals surface area contributed by atoms with Crippen LogP contribution in [-0.2, 0) is 9.59 Å². The maximum absolute atomic E-state index is 9.60. The predicted molar refractivity (Wildman–Crippen MR) is 72.8 cm³/mol. The van der Waals surface area contributed by atoms with E-state index in [1.807, 2.05) is 13.8 Å². The highest BCUT2D eigenvalue weighted by molar-refractivity contribution is 5.85. The minimum atomic E-state index is -0.935. The molecule has 0 amide bonds. The van der Waals surface area contributed by atoms with Crippen LogP contribution in [0.1, 0.15) is 27.7 Å². The van der Waals surface area contributed by atoms with Gasteiger partial charge in [0.2, 0.25) is 0 Å². The third kappa shape index (κ3) is 22.1. The van der Waals surface area contributed by atoms with Crippen LogP contribution in [-0.4, -0.2) is 45.1 Å². The smallest absolute Gasteiger partial charge is 0.330 e. The first-order valence-electron chi connectivity index (χ1n) is 5.53. The number of carbonyl (C=O) groups is 2. The van der Waals surface area contributed by atoms with Gasteiger partial charge in [0.25, 0.3) is 0 Å². The van der Waals surface area contributed by atoms with Crippen molar-refractivity contribution in [2.75, 3.05) is 6.61 Å². The van der Waals surface area contributed by atoms with Gasteiger partial charge in [-0.15, -0.1) is 0 Å². The van der Waals surface area contributed by atoms with Crippen LogP contribution < -0.4 is 0 Å². The molecule has 0 rings (SSSR count). The van der Waals surface area contributed by atoms with E-state index in [2.05, 4.69) is 13.2 Å². The molecule has 6 nitrogen and oxygen atoms in total. The van der Waals surface area contributed by atoms with E-state index in [1.54, 1.807) is 0 Å². The summed E-state index contributed by atoms with van der Waals surface area (Å²) in [6.07, 6.45) is -0.542. The van der Waals surface area contributed by atoms with Crippen LogP contribution in [0.3, 0.4) is 0 Å². The zero-order valence-corrected chi connectivity index (χ0v) is 11.9. The van der Waals surface area contributed by atoms with E-state index >= 15 is 0 Å². The standard InChI is InChI=1S/C5H12O2.2C4H6O2/c1-4(2)5(7)3-6;2*1-3(2)4(5)6/h4-7H,3H2,1-2H3;2*1H2,2H3,(H,5,6). The molecule has 1 atom stereocenters. The molecule has 0 spiro atoms. The van der Waals surface area contributed by atoms with Gasteiger partial charge in [0.1, 0.15) is 0 Å². The Morgan fingerprint density at radius 3 is 1.21 bits per heavy atom. The Morgan fingerprint density at radius 2 is 1.21 bits per heavy atom. The topological polar surface area (TPSA) is 115 Å². The fourth-order valence-corrected chi connectivity index (χ4v) is 0.211. The molecule has 4 N–H and O–H groups in total. The van der Waals surface area contributed by atoms with E-state index in [0.717, 1.165) is 0 Å². The van der Waals surface area contributed by atoms with Gasteiger partial charge in [-0.2, -0.15) is 0 Å². The zero-order valence-electron chi connectivity index (χ0n) is 11.9. The summed E-state index contributed by atoms with van der Waals surface area (Å²) in [6.45, 7) is 12.8. The van der Waals surface area contributed by atoms with Crippen LogP contribution >= 0.6 is 0 Å². The van der Waals surface area contributed by atoms with E-state index in [0.29, 0.717) is 0 Å². The van der Waals surface area contributed by atoms with Gasteiger partial charge in [-0.05, 0) is 19.8 Å². The molecule has 0 heterocycles. The highest BCUT2D eigenvalue weighted by Crippen LogP contribution is 1.97. The van der Waals surface area contributed by atoms with E-state index in [4.69, 9.17) is 20.4 Å². The summed E-state index contributed by atoms with van der Waals surface area (Å²) >= 11 is 0. The normalized spacial score (nSPS) is 10.3. The number of hydrogen-bond acceptors (Lipinski definition) is 4. The predicted octanol–water partition coefficient (Wildman–Crippen LogP) is 1.29. The number of rotatable bonds is 4. The molecule has 0 saturated heterocycles. The Morgan fingerprint density at radius 1 is 1.00 bits per heavy atom. The minimum Gasteiger partial charge on any atom is -0.478 e. The molecule has 0 aliphatic heterocycles. The van der Waals surface area contributed by atoms with Crippen LogP contribution in [0.2, 0.25) is 0 Å². The van der Waals surface area contributed by atoms with Crippen molar-refractivity contribution in [3.05, 3.63) is 24.3 Å². The van der Waals surface area contributed by atoms with E-state index < -0.39 is 18.0 Å². The fourth-order valence-electron chi connectivity index (χ4n) is 0.211. The number of carboxylic acid groups (broad SMARTS) is 2. The van der Waals surface area contributed by atoms with E-state index in [9.17, 15) is 9.59 Å². The maximum atomic E-state index is 9.60. The number of hydrogen-bond donors (Lipinski definition) is 4. The van der Waals surface area contributed by atoms with Gasteiger partial charge in [0, 0.05) is 11.1 Å². The lowest BCUT2D eigenvalue weighted by molar-refractivity contribution is -0.133. The molecule has 0 aromatic carbocycles. The van der Waals surface area contributed by atoms with Crippen molar-refractivity contribution in [3.8, 4) is 0 Å². The number of aliphatic hydroxyl groups is 2. The lowest BCUT2D eigenvalue weighted by Gasteiger charge is -2.08. The lowest BCUT2D eigenvalue weighted by atomic mass is 10.1. The van der Waals surface area contributed by atoms with Crippen molar-refractivity contribution in [1.29, 1.82) is 0 Å². The van der Waals surface area contributed by atoms with Gasteiger partial charge in [0.15, 0.2) is 0 Å². The first-order chi connectivity index (χ1) is 8.47. The molecule has 0 bridgehead atoms. The second-order valence-corrected chi connectivity index (χ2v) is 4.16. The van der Waals surface area contributed by atoms with Crippen LogP contribution in [0.5, 0.6) is 0 Å². The molecule has 0 aromatic rings. The summed E-state index contributed by atoms with van der Waals surface area (Å²) < 4.78 is 0. The van der Waals surface area contributed by atoms with Crippen LogP contribution in [0.15, 0.2) is 24.3 Å². The average molecular weight is 276 g/mol. The maximum Gasteiger partial charge on any atom is 0.330 e. The van der Waals surface area contributed by atoms with Crippen molar-refractivity contribution < 1.29 is 30.0 Å². The molecule has 6 heteroatoms. The van der Waals surface area contributed by atoms with Gasteiger partial charge in [0.05, 0.1) is 12.7 Å². The molecule has 0 fully saturated rings. The molecular weight excluding hydrogens is 252 g/mol. The highest BCUT2D eigenvalue weighted by Gasteiger charge is 2.04. The second-order valence-electron chi connectivity index (χ2n) is 4.16. The molecule has 0 aliphatic carbocycles. The van der Waals surface area contributed by atoms with Gasteiger partial charge in [-0.3, -0.25) is 0 Å². The largest absolute Gasteiger partial charge is 0.478 e. The van der Waals surface area contributed by atoms with Crippen molar-refractivity contribution in [2.45, 2.75) is 33.8 Å². The van der Waals surface area contributed by atoms with Crippen molar-refractivity contribution in [2.24, 2.45) is 5.92 Å². The molecule has 19 heavy (non-hydrogen) atoms. The molecule has 1 unspecified atom stereocenters. The van der Waals surface area contributed by atoms with Crippen LogP contribution in [0.25, 0.3) is 0 Å². The second kappa shape index (κ2) is 12.8. The summed E-state index contributed by atoms with van der Waals surface area (Å²) in [4.78, 5) is 19.2. The first-order valence-corrected chi connectivity index (χ1v) is 5.53. The van der Waals surface area contributed by atoms with Gasteiger partial charge in [-0.25, -0.2) is 9.59 Å². The Balaban J connectivity index is -0.000000203. The van der Waals surface area contributed by atoms with Crippen molar-refractivity contribution in [1.82, 2.24) is 0 Å². The highest BCUT2D eigenvalue weighted by atomic mass is 16.4. The summed E-state index contributed by atoms with van der Waals surface area (Å²) in [7, 11) is 0. The van der Waals surface area contributed by atoms with Crippen molar-refractivity contribution >= 4 is 11.9 Å². The zero-order chi connectivity index (χ0) is 16.2. The third-order valence-electron chi connectivity index (χ3n) is 1.69. The van der Waals surface area contributed by atoms with Crippen LogP contribution in [0, 0.1) is 5.92 Å². The molecular formula is C13H24O6. The van der Waals surface area contributed by atoms with Crippen molar-refractivity contribution in [3.63, 3.8) is 0 Å². The summed E-state index contributed by atoms with van der Waals surface area (Å²) in [6, 6.07) is 0. The first kappa shape index (κ1) is 22.5. The fraction of sp³-hybridized carbons (Fsp3) is 0.538. The van der Waals surface area contributed by atoms with Gasteiger partial charge in [-0.1, -0.05) is 27.0 Å². The van der Waals surface area contributed by atoms with Crippen LogP contribution in [0.4, 0.5) is 0 Å². The van der Waals surface area contributed by atoms with E-state index in [-0.39, 0.29) is 23.7 Å². The SMILES string of the molecule is C=C(C)C(=O)O.C=C(C)C(=O)O.CC(C)C(O)CO. The van der Waals surface area contributed by atoms with E-state index in [1.165, 1.54) is 13.8 Å². The molecule has 0 saturated carbocycles. The third-order valence-corrected chi connectivity index (χ3v) is 1.69. The summed E-state index contributed by atoms with van der Waals surface area (Å²) in [5.74, 6) is -1.70. The summed E-state index contributed by atoms with van der Waals surface area (Å²) in [5, 5.41) is 32.7. The average Bonchev–Trinajstić information content (AvgIpc) is 2.29. The molecule has 0 aliphatic rings. The number of carboxylic acids is 2. The lowest BCUT2D eigenvalue weighted by Crippen LogP contribution is -2.18. The summed E-state index contributed by atoms with van der Waals surface area (Å²) in [5.41, 5.74) is 0.352. The monoisotopic (exact) mass is 276 g/mol. The quantitative estimate of drug-likeness (QED) is 0.575. The van der Waals surface area contributed by atoms with Gasteiger partial charge >= 0.3 is 11.9 Å². The Bertz CT molecular complexity index is 258.